The second-order valence-corrected chi connectivity index (χ2v) is 10.3. The third-order valence-corrected chi connectivity index (χ3v) is 6.95. The van der Waals surface area contributed by atoms with Gasteiger partial charge in [-0.05, 0) is 49.4 Å². The van der Waals surface area contributed by atoms with Gasteiger partial charge in [0.15, 0.2) is 14.7 Å². The zero-order valence-corrected chi connectivity index (χ0v) is 19.3. The van der Waals surface area contributed by atoms with Gasteiger partial charge < -0.3 is 4.74 Å². The van der Waals surface area contributed by atoms with Gasteiger partial charge in [0.05, 0.1) is 22.0 Å². The first-order valence-electron chi connectivity index (χ1n) is 9.41. The number of carbonyl (C=O) groups excluding carboxylic acids is 1. The highest BCUT2D eigenvalue weighted by Crippen LogP contribution is 2.40. The molecule has 0 spiro atoms. The van der Waals surface area contributed by atoms with Gasteiger partial charge in [0, 0.05) is 12.1 Å². The Balaban J connectivity index is 2.14. The van der Waals surface area contributed by atoms with Crippen LogP contribution in [0.3, 0.4) is 0 Å². The molecule has 0 aliphatic rings. The summed E-state index contributed by atoms with van der Waals surface area (Å²) < 4.78 is 85.7. The molecule has 2 unspecified atom stereocenters. The molecular weight excluding hydrogens is 534 g/mol. The number of alkyl halides is 7. The van der Waals surface area contributed by atoms with Crippen LogP contribution in [-0.2, 0) is 28.0 Å². The van der Waals surface area contributed by atoms with Crippen LogP contribution in [-0.4, -0.2) is 10.8 Å². The van der Waals surface area contributed by atoms with E-state index in [2.05, 4.69) is 15.9 Å². The summed E-state index contributed by atoms with van der Waals surface area (Å²) >= 11 is 3.08. The Hall–Kier alpha value is -2.46. The lowest BCUT2D eigenvalue weighted by Crippen LogP contribution is -2.17. The van der Waals surface area contributed by atoms with Gasteiger partial charge in [-0.15, -0.1) is 0 Å². The van der Waals surface area contributed by atoms with E-state index in [1.165, 1.54) is 24.3 Å². The van der Waals surface area contributed by atoms with E-state index < -0.39 is 45.2 Å². The minimum absolute atomic E-state index is 0.111. The van der Waals surface area contributed by atoms with Crippen molar-refractivity contribution >= 4 is 32.8 Å². The maximum Gasteiger partial charge on any atom is 0.416 e. The van der Waals surface area contributed by atoms with Gasteiger partial charge in [-0.3, -0.25) is 4.79 Å². The highest BCUT2D eigenvalue weighted by atomic mass is 79.9. The Morgan fingerprint density at radius 3 is 1.73 bits per heavy atom. The van der Waals surface area contributed by atoms with E-state index in [4.69, 9.17) is 4.74 Å². The maximum absolute atomic E-state index is 13.4. The molecule has 10 heteroatoms. The number of carbonyl (C=O) groups is 1. The first-order valence-corrected chi connectivity index (χ1v) is 11.5. The molecular formula is C23H16BrF6O2S+. The van der Waals surface area contributed by atoms with Crippen LogP contribution >= 0.6 is 15.9 Å². The molecule has 2 nitrogen and oxygen atoms in total. The van der Waals surface area contributed by atoms with Crippen molar-refractivity contribution in [2.75, 3.05) is 0 Å². The van der Waals surface area contributed by atoms with Crippen molar-refractivity contribution in [3.05, 3.63) is 83.9 Å². The molecule has 0 radical (unpaired) electrons. The van der Waals surface area contributed by atoms with E-state index in [1.807, 2.05) is 0 Å². The quantitative estimate of drug-likeness (QED) is 0.108. The Morgan fingerprint density at radius 1 is 0.788 bits per heavy atom. The second-order valence-electron chi connectivity index (χ2n) is 6.87. The molecule has 0 heterocycles. The molecule has 0 saturated heterocycles. The summed E-state index contributed by atoms with van der Waals surface area (Å²) in [5.74, 6) is -0.343. The summed E-state index contributed by atoms with van der Waals surface area (Å²) in [6.45, 7) is 1.58. The number of esters is 1. The normalized spacial score (nSPS) is 13.9. The summed E-state index contributed by atoms with van der Waals surface area (Å²) in [7, 11) is -1.28. The van der Waals surface area contributed by atoms with E-state index in [-0.39, 0.29) is 16.7 Å². The van der Waals surface area contributed by atoms with Crippen molar-refractivity contribution in [2.45, 2.75) is 38.8 Å². The van der Waals surface area contributed by atoms with E-state index >= 15 is 0 Å². The Morgan fingerprint density at radius 2 is 1.27 bits per heavy atom. The molecule has 0 saturated carbocycles. The molecule has 2 atom stereocenters. The van der Waals surface area contributed by atoms with Crippen LogP contribution in [0.1, 0.15) is 18.1 Å². The lowest BCUT2D eigenvalue weighted by Gasteiger charge is -2.15. The minimum Gasteiger partial charge on any atom is -0.426 e. The predicted molar refractivity (Wildman–Crippen MR) is 116 cm³/mol. The number of hydrogen-bond acceptors (Lipinski definition) is 2. The number of hydrogen-bond donors (Lipinski definition) is 0. The van der Waals surface area contributed by atoms with Gasteiger partial charge in [0.2, 0.25) is 0 Å². The topological polar surface area (TPSA) is 26.3 Å². The number of benzene rings is 3. The molecule has 0 fully saturated rings. The van der Waals surface area contributed by atoms with Gasteiger partial charge in [-0.1, -0.05) is 34.1 Å². The second kappa shape index (κ2) is 9.80. The summed E-state index contributed by atoms with van der Waals surface area (Å²) in [4.78, 5) is 12.1. The van der Waals surface area contributed by atoms with E-state index in [0.717, 1.165) is 12.1 Å². The summed E-state index contributed by atoms with van der Waals surface area (Å²) in [5.41, 5.74) is -2.75. The fourth-order valence-corrected chi connectivity index (χ4v) is 5.09. The maximum atomic E-state index is 13.4. The van der Waals surface area contributed by atoms with Crippen molar-refractivity contribution in [2.24, 2.45) is 0 Å². The van der Waals surface area contributed by atoms with Crippen molar-refractivity contribution < 1.29 is 35.9 Å². The average molecular weight is 550 g/mol. The third kappa shape index (κ3) is 6.32. The number of rotatable bonds is 5. The van der Waals surface area contributed by atoms with Gasteiger partial charge in [-0.25, -0.2) is 0 Å². The van der Waals surface area contributed by atoms with Crippen LogP contribution in [0.4, 0.5) is 26.3 Å². The van der Waals surface area contributed by atoms with Crippen LogP contribution in [0, 0.1) is 0 Å². The van der Waals surface area contributed by atoms with E-state index in [0.29, 0.717) is 9.79 Å². The van der Waals surface area contributed by atoms with Gasteiger partial charge in [0.1, 0.15) is 10.6 Å². The molecule has 0 bridgehead atoms. The first-order chi connectivity index (χ1) is 15.4. The SMILES string of the molecule is CC(Br)C(=O)Oc1ccc([S+](c2ccccc2)c2cc(C(F)(F)F)cc(C(F)(F)F)c2)cc1. The molecule has 0 aliphatic heterocycles. The van der Waals surface area contributed by atoms with Gasteiger partial charge in [-0.2, -0.15) is 26.3 Å². The molecule has 0 N–H and O–H groups in total. The van der Waals surface area contributed by atoms with Crippen LogP contribution < -0.4 is 4.74 Å². The minimum atomic E-state index is -4.95. The first kappa shape index (κ1) is 25.2. The van der Waals surface area contributed by atoms with Crippen molar-refractivity contribution in [3.63, 3.8) is 0 Å². The Kier molecular flexibility index (Phi) is 7.48. The molecule has 0 aliphatic carbocycles. The lowest BCUT2D eigenvalue weighted by atomic mass is 10.1. The summed E-state index contributed by atoms with van der Waals surface area (Å²) in [6.07, 6.45) is -9.90. The summed E-state index contributed by atoms with van der Waals surface area (Å²) in [6, 6.07) is 15.8. The fourth-order valence-electron chi connectivity index (χ4n) is 2.85. The van der Waals surface area contributed by atoms with Crippen molar-refractivity contribution in [3.8, 4) is 5.75 Å². The molecule has 3 rings (SSSR count). The number of ether oxygens (including phenoxy) is 1. The summed E-state index contributed by atoms with van der Waals surface area (Å²) in [5, 5.41) is 0. The molecule has 33 heavy (non-hydrogen) atoms. The molecule has 0 amide bonds. The smallest absolute Gasteiger partial charge is 0.416 e. The lowest BCUT2D eigenvalue weighted by molar-refractivity contribution is -0.143. The molecule has 3 aromatic rings. The molecule has 174 valence electrons. The highest BCUT2D eigenvalue weighted by molar-refractivity contribution is 9.10. The molecule has 3 aromatic carbocycles. The van der Waals surface area contributed by atoms with Crippen LogP contribution in [0.2, 0.25) is 0 Å². The largest absolute Gasteiger partial charge is 0.426 e. The number of halogens is 7. The van der Waals surface area contributed by atoms with Crippen LogP contribution in [0.15, 0.2) is 87.5 Å². The standard InChI is InChI=1S/C23H16BrF6O2S/c1-14(24)21(31)32-17-7-9-19(10-8-17)33(18-5-3-2-4-6-18)20-12-15(22(25,26)27)11-16(13-20)23(28,29)30/h2-14H,1H3/q+1. The molecule has 0 aromatic heterocycles. The average Bonchev–Trinajstić information content (AvgIpc) is 2.74. The monoisotopic (exact) mass is 549 g/mol. The van der Waals surface area contributed by atoms with Crippen LogP contribution in [0.5, 0.6) is 5.75 Å². The highest BCUT2D eigenvalue weighted by Gasteiger charge is 2.40. The zero-order valence-electron chi connectivity index (χ0n) is 16.9. The Bertz CT molecular complexity index is 1080. The van der Waals surface area contributed by atoms with Crippen molar-refractivity contribution in [1.29, 1.82) is 0 Å². The fraction of sp³-hybridized carbons (Fsp3) is 0.174. The predicted octanol–water partition coefficient (Wildman–Crippen LogP) is 7.51. The third-order valence-electron chi connectivity index (χ3n) is 4.38. The van der Waals surface area contributed by atoms with Gasteiger partial charge in [0.25, 0.3) is 0 Å². The van der Waals surface area contributed by atoms with Crippen LogP contribution in [0.25, 0.3) is 0 Å². The van der Waals surface area contributed by atoms with E-state index in [1.54, 1.807) is 37.3 Å². The van der Waals surface area contributed by atoms with Crippen molar-refractivity contribution in [1.82, 2.24) is 0 Å². The van der Waals surface area contributed by atoms with Gasteiger partial charge >= 0.3 is 18.3 Å². The zero-order chi connectivity index (χ0) is 24.4. The Labute approximate surface area is 197 Å². The van der Waals surface area contributed by atoms with E-state index in [9.17, 15) is 31.1 Å².